The van der Waals surface area contributed by atoms with Crippen molar-refractivity contribution in [1.29, 1.82) is 0 Å². The summed E-state index contributed by atoms with van der Waals surface area (Å²) in [6.45, 7) is -0.252. The Morgan fingerprint density at radius 1 is 1.45 bits per heavy atom. The Balaban J connectivity index is 3.25. The monoisotopic (exact) mass is 220 g/mol. The summed E-state index contributed by atoms with van der Waals surface area (Å²) in [5, 5.41) is 17.5. The van der Waals surface area contributed by atoms with E-state index in [2.05, 4.69) is 15.9 Å². The molecule has 1 aromatic carbocycles. The summed E-state index contributed by atoms with van der Waals surface area (Å²) < 4.78 is 12.9. The van der Waals surface area contributed by atoms with Gasteiger partial charge in [-0.3, -0.25) is 0 Å². The third-order valence-corrected chi connectivity index (χ3v) is 2.17. The van der Waals surface area contributed by atoms with E-state index in [-0.39, 0.29) is 11.1 Å². The van der Waals surface area contributed by atoms with E-state index in [1.165, 1.54) is 12.1 Å². The number of phenols is 1. The van der Waals surface area contributed by atoms with Crippen molar-refractivity contribution in [2.45, 2.75) is 6.61 Å². The topological polar surface area (TPSA) is 40.5 Å². The zero-order valence-electron chi connectivity index (χ0n) is 5.51. The van der Waals surface area contributed by atoms with Gasteiger partial charge in [-0.05, 0) is 27.6 Å². The molecule has 0 unspecified atom stereocenters. The lowest BCUT2D eigenvalue weighted by Crippen LogP contribution is -1.88. The van der Waals surface area contributed by atoms with Crippen LogP contribution in [0.5, 0.6) is 5.75 Å². The summed E-state index contributed by atoms with van der Waals surface area (Å²) in [4.78, 5) is 0. The van der Waals surface area contributed by atoms with Gasteiger partial charge in [0.05, 0.1) is 11.1 Å². The maximum Gasteiger partial charge on any atom is 0.179 e. The van der Waals surface area contributed by atoms with Gasteiger partial charge in [0.1, 0.15) is 0 Å². The third-order valence-electron chi connectivity index (χ3n) is 1.31. The molecule has 1 aromatic rings. The van der Waals surface area contributed by atoms with E-state index < -0.39 is 11.6 Å². The predicted molar refractivity (Wildman–Crippen MR) is 41.7 cm³/mol. The lowest BCUT2D eigenvalue weighted by molar-refractivity contribution is 0.280. The molecule has 0 spiro atoms. The van der Waals surface area contributed by atoms with E-state index in [1.54, 1.807) is 0 Å². The Labute approximate surface area is 71.4 Å². The molecule has 2 N–H and O–H groups in total. The van der Waals surface area contributed by atoms with Crippen LogP contribution in [0, 0.1) is 5.82 Å². The largest absolute Gasteiger partial charge is 0.505 e. The van der Waals surface area contributed by atoms with Gasteiger partial charge in [0.25, 0.3) is 0 Å². The average molecular weight is 221 g/mol. The van der Waals surface area contributed by atoms with Gasteiger partial charge in [-0.25, -0.2) is 4.39 Å². The summed E-state index contributed by atoms with van der Waals surface area (Å²) in [6, 6.07) is 2.65. The molecule has 4 heteroatoms. The van der Waals surface area contributed by atoms with Crippen LogP contribution in [-0.2, 0) is 6.61 Å². The molecule has 0 amide bonds. The molecule has 0 aliphatic heterocycles. The number of hydrogen-bond acceptors (Lipinski definition) is 2. The van der Waals surface area contributed by atoms with Gasteiger partial charge >= 0.3 is 0 Å². The van der Waals surface area contributed by atoms with Crippen molar-refractivity contribution >= 4 is 15.9 Å². The van der Waals surface area contributed by atoms with Crippen molar-refractivity contribution < 1.29 is 14.6 Å². The first-order chi connectivity index (χ1) is 5.16. The van der Waals surface area contributed by atoms with Crippen molar-refractivity contribution in [1.82, 2.24) is 0 Å². The molecule has 0 radical (unpaired) electrons. The number of benzene rings is 1. The maximum atomic E-state index is 12.8. The summed E-state index contributed by atoms with van der Waals surface area (Å²) >= 11 is 2.90. The van der Waals surface area contributed by atoms with Gasteiger partial charge in [0, 0.05) is 0 Å². The highest BCUT2D eigenvalue weighted by molar-refractivity contribution is 9.10. The molecule has 0 saturated heterocycles. The number of aliphatic hydroxyl groups excluding tert-OH is 1. The van der Waals surface area contributed by atoms with Crippen molar-refractivity contribution in [3.63, 3.8) is 0 Å². The number of aromatic hydroxyl groups is 1. The second kappa shape index (κ2) is 3.19. The molecule has 0 saturated carbocycles. The summed E-state index contributed by atoms with van der Waals surface area (Å²) in [5.74, 6) is -1.16. The number of hydrogen-bond donors (Lipinski definition) is 2. The van der Waals surface area contributed by atoms with E-state index in [1.807, 2.05) is 0 Å². The Morgan fingerprint density at radius 2 is 2.09 bits per heavy atom. The van der Waals surface area contributed by atoms with Gasteiger partial charge in [-0.15, -0.1) is 0 Å². The van der Waals surface area contributed by atoms with Crippen LogP contribution in [0.25, 0.3) is 0 Å². The van der Waals surface area contributed by atoms with Crippen LogP contribution < -0.4 is 0 Å². The smallest absolute Gasteiger partial charge is 0.179 e. The lowest BCUT2D eigenvalue weighted by atomic mass is 10.2. The van der Waals surface area contributed by atoms with E-state index in [9.17, 15) is 4.39 Å². The fourth-order valence-electron chi connectivity index (χ4n) is 0.701. The molecule has 0 aliphatic rings. The number of rotatable bonds is 1. The quantitative estimate of drug-likeness (QED) is 0.758. The van der Waals surface area contributed by atoms with Crippen LogP contribution in [0.4, 0.5) is 4.39 Å². The van der Waals surface area contributed by atoms with Crippen molar-refractivity contribution in [2.24, 2.45) is 0 Å². The standard InChI is InChI=1S/C7H6BrFO2/c8-6-4(3-10)1-2-5(11)7(6)9/h1-2,10-11H,3H2. The fourth-order valence-corrected chi connectivity index (χ4v) is 1.16. The molecule has 60 valence electrons. The van der Waals surface area contributed by atoms with Crippen LogP contribution >= 0.6 is 15.9 Å². The van der Waals surface area contributed by atoms with Crippen molar-refractivity contribution in [3.8, 4) is 5.75 Å². The van der Waals surface area contributed by atoms with Crippen LogP contribution in [0.15, 0.2) is 16.6 Å². The minimum Gasteiger partial charge on any atom is -0.505 e. The normalized spacial score (nSPS) is 10.1. The molecular formula is C7H6BrFO2. The molecule has 0 heterocycles. The molecule has 0 fully saturated rings. The van der Waals surface area contributed by atoms with Gasteiger partial charge in [0.15, 0.2) is 11.6 Å². The number of phenolic OH excluding ortho intramolecular Hbond substituents is 1. The summed E-state index contributed by atoms with van der Waals surface area (Å²) in [7, 11) is 0. The fraction of sp³-hybridized carbons (Fsp3) is 0.143. The van der Waals surface area contributed by atoms with E-state index in [0.717, 1.165) is 0 Å². The van der Waals surface area contributed by atoms with Gasteiger partial charge < -0.3 is 10.2 Å². The van der Waals surface area contributed by atoms with Gasteiger partial charge in [-0.1, -0.05) is 6.07 Å². The Morgan fingerprint density at radius 3 is 2.64 bits per heavy atom. The van der Waals surface area contributed by atoms with Crippen LogP contribution in [-0.4, -0.2) is 10.2 Å². The van der Waals surface area contributed by atoms with Crippen molar-refractivity contribution in [2.75, 3.05) is 0 Å². The van der Waals surface area contributed by atoms with Gasteiger partial charge in [0.2, 0.25) is 0 Å². The number of halogens is 2. The second-order valence-electron chi connectivity index (χ2n) is 2.03. The van der Waals surface area contributed by atoms with Crippen LogP contribution in [0.3, 0.4) is 0 Å². The predicted octanol–water partition coefficient (Wildman–Crippen LogP) is 1.79. The van der Waals surface area contributed by atoms with E-state index in [4.69, 9.17) is 10.2 Å². The van der Waals surface area contributed by atoms with Crippen LogP contribution in [0.1, 0.15) is 5.56 Å². The van der Waals surface area contributed by atoms with Crippen molar-refractivity contribution in [3.05, 3.63) is 28.0 Å². The molecule has 1 rings (SSSR count). The molecule has 11 heavy (non-hydrogen) atoms. The first-order valence-electron chi connectivity index (χ1n) is 2.93. The molecule has 0 atom stereocenters. The van der Waals surface area contributed by atoms with E-state index >= 15 is 0 Å². The summed E-state index contributed by atoms with van der Waals surface area (Å²) in [5.41, 5.74) is 0.417. The molecular weight excluding hydrogens is 215 g/mol. The Hall–Kier alpha value is -0.610. The second-order valence-corrected chi connectivity index (χ2v) is 2.82. The highest BCUT2D eigenvalue weighted by atomic mass is 79.9. The lowest BCUT2D eigenvalue weighted by Gasteiger charge is -2.02. The van der Waals surface area contributed by atoms with Gasteiger partial charge in [-0.2, -0.15) is 0 Å². The maximum absolute atomic E-state index is 12.8. The molecule has 2 nitrogen and oxygen atoms in total. The minimum absolute atomic E-state index is 0.111. The molecule has 0 bridgehead atoms. The van der Waals surface area contributed by atoms with E-state index in [0.29, 0.717) is 5.56 Å². The van der Waals surface area contributed by atoms with Crippen LogP contribution in [0.2, 0.25) is 0 Å². The number of aliphatic hydroxyl groups is 1. The highest BCUT2D eigenvalue weighted by Crippen LogP contribution is 2.27. The zero-order valence-corrected chi connectivity index (χ0v) is 7.10. The Kier molecular flexibility index (Phi) is 2.46. The first-order valence-corrected chi connectivity index (χ1v) is 3.73. The average Bonchev–Trinajstić information content (AvgIpc) is 2.01. The summed E-state index contributed by atoms with van der Waals surface area (Å²) in [6.07, 6.45) is 0. The first kappa shape index (κ1) is 8.49. The SMILES string of the molecule is OCc1ccc(O)c(F)c1Br. The third kappa shape index (κ3) is 1.52. The minimum atomic E-state index is -0.739. The molecule has 0 aromatic heterocycles. The highest BCUT2D eigenvalue weighted by Gasteiger charge is 2.08. The Bertz CT molecular complexity index is 275. The molecule has 0 aliphatic carbocycles. The zero-order chi connectivity index (χ0) is 8.43.